The number of esters is 1. The minimum atomic E-state index is -0.794. The van der Waals surface area contributed by atoms with E-state index in [2.05, 4.69) is 6.92 Å². The molecular formula is C19H23NO4. The molecule has 1 aliphatic heterocycles. The maximum Gasteiger partial charge on any atom is 0.341 e. The van der Waals surface area contributed by atoms with Crippen LogP contribution in [0, 0.1) is 6.92 Å². The van der Waals surface area contributed by atoms with Crippen LogP contribution in [0.1, 0.15) is 71.1 Å². The predicted molar refractivity (Wildman–Crippen MR) is 91.0 cm³/mol. The highest BCUT2D eigenvalue weighted by Crippen LogP contribution is 2.48. The van der Waals surface area contributed by atoms with E-state index in [1.807, 2.05) is 13.0 Å². The van der Waals surface area contributed by atoms with Gasteiger partial charge in [0, 0.05) is 12.0 Å². The summed E-state index contributed by atoms with van der Waals surface area (Å²) in [7, 11) is 0. The number of fused-ring (bicyclic) bond motifs is 1. The van der Waals surface area contributed by atoms with E-state index >= 15 is 0 Å². The zero-order valence-electron chi connectivity index (χ0n) is 14.1. The van der Waals surface area contributed by atoms with Gasteiger partial charge in [0.2, 0.25) is 0 Å². The normalized spacial score (nSPS) is 16.9. The van der Waals surface area contributed by atoms with E-state index in [4.69, 9.17) is 15.6 Å². The SMILES string of the molecule is C/C(=C\Cc1c(N)c2c(c(C)c1C1CC1)COC2=O)CCC(=O)O. The quantitative estimate of drug-likeness (QED) is 0.474. The average molecular weight is 329 g/mol. The van der Waals surface area contributed by atoms with Crippen molar-refractivity contribution in [3.05, 3.63) is 39.5 Å². The number of nitrogens with two attached hydrogens (primary N) is 1. The first-order valence-corrected chi connectivity index (χ1v) is 8.38. The Bertz CT molecular complexity index is 744. The number of rotatable bonds is 6. The van der Waals surface area contributed by atoms with E-state index in [9.17, 15) is 9.59 Å². The van der Waals surface area contributed by atoms with Gasteiger partial charge < -0.3 is 15.6 Å². The van der Waals surface area contributed by atoms with Crippen molar-refractivity contribution in [2.24, 2.45) is 0 Å². The number of benzene rings is 1. The zero-order valence-corrected chi connectivity index (χ0v) is 14.1. The van der Waals surface area contributed by atoms with Gasteiger partial charge in [-0.2, -0.15) is 0 Å². The van der Waals surface area contributed by atoms with E-state index < -0.39 is 5.97 Å². The fourth-order valence-electron chi connectivity index (χ4n) is 3.49. The van der Waals surface area contributed by atoms with Gasteiger partial charge >= 0.3 is 11.9 Å². The molecule has 0 aromatic heterocycles. The van der Waals surface area contributed by atoms with Gasteiger partial charge in [-0.1, -0.05) is 11.6 Å². The molecule has 3 N–H and O–H groups in total. The monoisotopic (exact) mass is 329 g/mol. The Kier molecular flexibility index (Phi) is 4.35. The number of allylic oxidation sites excluding steroid dienone is 2. The standard InChI is InChI=1S/C19H23NO4/c1-10(4-8-15(21)22)3-7-13-16(12-5-6-12)11(2)14-9-24-19(23)17(14)18(13)20/h3,12H,4-9,20H2,1-2H3,(H,21,22)/b10-3+. The minimum Gasteiger partial charge on any atom is -0.481 e. The van der Waals surface area contributed by atoms with Crippen molar-refractivity contribution in [1.29, 1.82) is 0 Å². The molecule has 5 nitrogen and oxygen atoms in total. The Labute approximate surface area is 141 Å². The highest BCUT2D eigenvalue weighted by atomic mass is 16.5. The minimum absolute atomic E-state index is 0.128. The van der Waals surface area contributed by atoms with E-state index in [1.165, 1.54) is 5.56 Å². The summed E-state index contributed by atoms with van der Waals surface area (Å²) >= 11 is 0. The number of carbonyl (C=O) groups excluding carboxylic acids is 1. The van der Waals surface area contributed by atoms with Crippen LogP contribution in [0.5, 0.6) is 0 Å². The molecule has 2 aliphatic rings. The van der Waals surface area contributed by atoms with Crippen LogP contribution in [0.2, 0.25) is 0 Å². The first-order valence-electron chi connectivity index (χ1n) is 8.38. The number of cyclic esters (lactones) is 1. The second-order valence-electron chi connectivity index (χ2n) is 6.78. The Morgan fingerprint density at radius 3 is 2.71 bits per heavy atom. The van der Waals surface area contributed by atoms with Crippen molar-refractivity contribution < 1.29 is 19.4 Å². The zero-order chi connectivity index (χ0) is 17.4. The van der Waals surface area contributed by atoms with Crippen LogP contribution in [0.3, 0.4) is 0 Å². The number of ether oxygens (including phenoxy) is 1. The summed E-state index contributed by atoms with van der Waals surface area (Å²) < 4.78 is 5.19. The molecule has 1 aromatic carbocycles. The molecule has 24 heavy (non-hydrogen) atoms. The van der Waals surface area contributed by atoms with E-state index in [-0.39, 0.29) is 12.4 Å². The van der Waals surface area contributed by atoms with Crippen LogP contribution < -0.4 is 5.73 Å². The van der Waals surface area contributed by atoms with Gasteiger partial charge in [-0.05, 0) is 62.1 Å². The molecule has 1 aliphatic carbocycles. The van der Waals surface area contributed by atoms with Crippen LogP contribution in [-0.4, -0.2) is 17.0 Å². The average Bonchev–Trinajstić information content (AvgIpc) is 3.28. The van der Waals surface area contributed by atoms with Gasteiger partial charge in [0.15, 0.2) is 0 Å². The number of carboxylic acid groups (broad SMARTS) is 1. The highest BCUT2D eigenvalue weighted by molar-refractivity contribution is 6.00. The number of anilines is 1. The summed E-state index contributed by atoms with van der Waals surface area (Å²) in [5.74, 6) is -0.603. The topological polar surface area (TPSA) is 89.6 Å². The molecule has 3 rings (SSSR count). The van der Waals surface area contributed by atoms with Crippen LogP contribution in [0.15, 0.2) is 11.6 Å². The number of nitrogen functional groups attached to an aromatic ring is 1. The third-order valence-electron chi connectivity index (χ3n) is 5.00. The van der Waals surface area contributed by atoms with Gasteiger partial charge in [-0.3, -0.25) is 4.79 Å². The number of carboxylic acids is 1. The van der Waals surface area contributed by atoms with E-state index in [0.717, 1.165) is 35.1 Å². The van der Waals surface area contributed by atoms with Crippen LogP contribution in [0.25, 0.3) is 0 Å². The van der Waals surface area contributed by atoms with Crippen molar-refractivity contribution in [3.63, 3.8) is 0 Å². The van der Waals surface area contributed by atoms with Crippen molar-refractivity contribution in [1.82, 2.24) is 0 Å². The Morgan fingerprint density at radius 1 is 1.38 bits per heavy atom. The summed E-state index contributed by atoms with van der Waals surface area (Å²) in [6.07, 6.45) is 5.63. The summed E-state index contributed by atoms with van der Waals surface area (Å²) in [4.78, 5) is 22.7. The Hall–Kier alpha value is -2.30. The van der Waals surface area contributed by atoms with Crippen molar-refractivity contribution in [2.75, 3.05) is 5.73 Å². The Balaban J connectivity index is 1.96. The molecule has 0 amide bonds. The molecule has 128 valence electrons. The molecule has 1 heterocycles. The largest absolute Gasteiger partial charge is 0.481 e. The number of carbonyl (C=O) groups is 2. The fourth-order valence-corrected chi connectivity index (χ4v) is 3.49. The summed E-state index contributed by atoms with van der Waals surface area (Å²) in [6, 6.07) is 0. The number of hydrogen-bond donors (Lipinski definition) is 2. The third kappa shape index (κ3) is 3.03. The molecule has 0 unspecified atom stereocenters. The first kappa shape index (κ1) is 16.6. The maximum atomic E-state index is 12.0. The highest BCUT2D eigenvalue weighted by Gasteiger charge is 2.35. The molecule has 1 aromatic rings. The lowest BCUT2D eigenvalue weighted by Crippen LogP contribution is -2.09. The number of hydrogen-bond acceptors (Lipinski definition) is 4. The summed E-state index contributed by atoms with van der Waals surface area (Å²) in [5.41, 5.74) is 12.8. The molecular weight excluding hydrogens is 306 g/mol. The van der Waals surface area contributed by atoms with Gasteiger partial charge in [0.05, 0.1) is 11.3 Å². The maximum absolute atomic E-state index is 12.0. The van der Waals surface area contributed by atoms with Crippen LogP contribution in [0.4, 0.5) is 5.69 Å². The van der Waals surface area contributed by atoms with E-state index in [1.54, 1.807) is 0 Å². The van der Waals surface area contributed by atoms with Gasteiger partial charge in [0.25, 0.3) is 0 Å². The molecule has 0 spiro atoms. The predicted octanol–water partition coefficient (Wildman–Crippen LogP) is 3.48. The second kappa shape index (κ2) is 6.30. The smallest absolute Gasteiger partial charge is 0.341 e. The Morgan fingerprint density at radius 2 is 2.08 bits per heavy atom. The lowest BCUT2D eigenvalue weighted by molar-refractivity contribution is -0.136. The molecule has 5 heteroatoms. The molecule has 0 saturated heterocycles. The van der Waals surface area contributed by atoms with Gasteiger partial charge in [-0.25, -0.2) is 4.79 Å². The molecule has 1 saturated carbocycles. The summed E-state index contributed by atoms with van der Waals surface area (Å²) in [6.45, 7) is 4.31. The molecule has 0 radical (unpaired) electrons. The summed E-state index contributed by atoms with van der Waals surface area (Å²) in [5, 5.41) is 8.79. The second-order valence-corrected chi connectivity index (χ2v) is 6.78. The molecule has 0 bridgehead atoms. The number of aliphatic carboxylic acids is 1. The van der Waals surface area contributed by atoms with Gasteiger partial charge in [-0.15, -0.1) is 0 Å². The van der Waals surface area contributed by atoms with Crippen molar-refractivity contribution in [2.45, 2.75) is 58.5 Å². The lowest BCUT2D eigenvalue weighted by Gasteiger charge is -2.18. The first-order chi connectivity index (χ1) is 11.4. The fraction of sp³-hybridized carbons (Fsp3) is 0.474. The van der Waals surface area contributed by atoms with Crippen molar-refractivity contribution in [3.8, 4) is 0 Å². The van der Waals surface area contributed by atoms with Crippen molar-refractivity contribution >= 4 is 17.6 Å². The van der Waals surface area contributed by atoms with Gasteiger partial charge in [0.1, 0.15) is 6.61 Å². The van der Waals surface area contributed by atoms with Crippen LogP contribution in [-0.2, 0) is 22.6 Å². The lowest BCUT2D eigenvalue weighted by atomic mass is 9.87. The molecule has 1 fully saturated rings. The van der Waals surface area contributed by atoms with Crippen LogP contribution >= 0.6 is 0 Å². The van der Waals surface area contributed by atoms with E-state index in [0.29, 0.717) is 36.6 Å². The third-order valence-corrected chi connectivity index (χ3v) is 5.00. The molecule has 0 atom stereocenters.